The summed E-state index contributed by atoms with van der Waals surface area (Å²) < 4.78 is 0. The van der Waals surface area contributed by atoms with Gasteiger partial charge < -0.3 is 4.98 Å². The van der Waals surface area contributed by atoms with Gasteiger partial charge in [-0.15, -0.1) is 0 Å². The van der Waals surface area contributed by atoms with Crippen molar-refractivity contribution in [1.82, 2.24) is 9.97 Å². The second-order valence-corrected chi connectivity index (χ2v) is 6.34. The predicted molar refractivity (Wildman–Crippen MR) is 93.3 cm³/mol. The first kappa shape index (κ1) is 15.4. The van der Waals surface area contributed by atoms with Crippen LogP contribution in [0.25, 0.3) is 0 Å². The normalized spacial score (nSPS) is 10.4. The summed E-state index contributed by atoms with van der Waals surface area (Å²) in [6.07, 6.45) is 0.848. The summed E-state index contributed by atoms with van der Waals surface area (Å²) in [6, 6.07) is 20.2. The fraction of sp³-hybridized carbons (Fsp3) is 0.158. The van der Waals surface area contributed by atoms with Gasteiger partial charge in [0.25, 0.3) is 0 Å². The Bertz CT molecular complexity index is 814. The Morgan fingerprint density at radius 2 is 1.78 bits per heavy atom. The zero-order valence-corrected chi connectivity index (χ0v) is 13.7. The molecule has 0 unspecified atom stereocenters. The monoisotopic (exact) mass is 319 g/mol. The van der Waals surface area contributed by atoms with E-state index in [2.05, 4.69) is 42.2 Å². The molecule has 0 radical (unpaired) electrons. The summed E-state index contributed by atoms with van der Waals surface area (Å²) in [5.74, 6) is 0.837. The molecule has 3 aromatic rings. The number of aryl methyl sites for hydroxylation is 1. The van der Waals surface area contributed by atoms with Gasteiger partial charge >= 0.3 is 0 Å². The van der Waals surface area contributed by atoms with Gasteiger partial charge in [-0.05, 0) is 30.2 Å². The molecule has 2 aromatic carbocycles. The molecular weight excluding hydrogens is 302 g/mol. The SMILES string of the molecule is Cc1[nH]c(SCc2ccc(C#N)cc2)nc1Cc1ccccc1. The number of nitrogens with one attached hydrogen (secondary N) is 1. The molecule has 0 spiro atoms. The number of benzene rings is 2. The average Bonchev–Trinajstić information content (AvgIpc) is 2.94. The highest BCUT2D eigenvalue weighted by atomic mass is 32.2. The molecule has 0 aliphatic carbocycles. The average molecular weight is 319 g/mol. The molecule has 0 aliphatic heterocycles. The standard InChI is InChI=1S/C19H17N3S/c1-14-18(11-15-5-3-2-4-6-15)22-19(21-14)23-13-17-9-7-16(12-20)8-10-17/h2-10H,11,13H2,1H3,(H,21,22). The maximum atomic E-state index is 8.82. The Morgan fingerprint density at radius 3 is 2.48 bits per heavy atom. The zero-order valence-electron chi connectivity index (χ0n) is 12.9. The van der Waals surface area contributed by atoms with E-state index in [1.807, 2.05) is 30.3 Å². The summed E-state index contributed by atoms with van der Waals surface area (Å²) >= 11 is 1.68. The molecule has 0 saturated carbocycles. The Morgan fingerprint density at radius 1 is 1.04 bits per heavy atom. The first-order chi connectivity index (χ1) is 11.2. The van der Waals surface area contributed by atoms with E-state index >= 15 is 0 Å². The van der Waals surface area contributed by atoms with Crippen LogP contribution in [0.1, 0.15) is 28.1 Å². The summed E-state index contributed by atoms with van der Waals surface area (Å²) in [6.45, 7) is 2.07. The second-order valence-electron chi connectivity index (χ2n) is 5.37. The van der Waals surface area contributed by atoms with E-state index < -0.39 is 0 Å². The third kappa shape index (κ3) is 4.02. The largest absolute Gasteiger partial charge is 0.337 e. The van der Waals surface area contributed by atoms with Crippen molar-refractivity contribution in [3.8, 4) is 6.07 Å². The predicted octanol–water partition coefficient (Wildman–Crippen LogP) is 4.47. The smallest absolute Gasteiger partial charge is 0.166 e. The molecule has 0 aliphatic rings. The highest BCUT2D eigenvalue weighted by Crippen LogP contribution is 2.22. The van der Waals surface area contributed by atoms with Gasteiger partial charge in [0, 0.05) is 17.9 Å². The van der Waals surface area contributed by atoms with Gasteiger partial charge in [-0.25, -0.2) is 4.98 Å². The van der Waals surface area contributed by atoms with Crippen molar-refractivity contribution in [3.63, 3.8) is 0 Å². The van der Waals surface area contributed by atoms with Crippen LogP contribution in [0.15, 0.2) is 59.8 Å². The number of aromatic nitrogens is 2. The molecule has 0 fully saturated rings. The summed E-state index contributed by atoms with van der Waals surface area (Å²) in [7, 11) is 0. The van der Waals surface area contributed by atoms with Crippen molar-refractivity contribution in [1.29, 1.82) is 5.26 Å². The van der Waals surface area contributed by atoms with Gasteiger partial charge in [0.05, 0.1) is 17.3 Å². The van der Waals surface area contributed by atoms with E-state index in [1.54, 1.807) is 11.8 Å². The van der Waals surface area contributed by atoms with Crippen LogP contribution in [0.4, 0.5) is 0 Å². The van der Waals surface area contributed by atoms with Crippen molar-refractivity contribution in [3.05, 3.63) is 82.7 Å². The lowest BCUT2D eigenvalue weighted by atomic mass is 10.1. The molecular formula is C19H17N3S. The van der Waals surface area contributed by atoms with E-state index in [0.717, 1.165) is 28.7 Å². The van der Waals surface area contributed by atoms with Crippen LogP contribution in [-0.4, -0.2) is 9.97 Å². The van der Waals surface area contributed by atoms with Crippen LogP contribution in [0.5, 0.6) is 0 Å². The van der Waals surface area contributed by atoms with E-state index in [1.165, 1.54) is 11.1 Å². The molecule has 23 heavy (non-hydrogen) atoms. The second kappa shape index (κ2) is 7.17. The molecule has 0 atom stereocenters. The third-order valence-electron chi connectivity index (χ3n) is 3.64. The Hall–Kier alpha value is -2.51. The summed E-state index contributed by atoms with van der Waals surface area (Å²) in [4.78, 5) is 8.07. The Kier molecular flexibility index (Phi) is 4.80. The number of nitriles is 1. The number of nitrogens with zero attached hydrogens (tertiary/aromatic N) is 2. The van der Waals surface area contributed by atoms with E-state index in [0.29, 0.717) is 5.56 Å². The highest BCUT2D eigenvalue weighted by molar-refractivity contribution is 7.98. The van der Waals surface area contributed by atoms with E-state index in [9.17, 15) is 0 Å². The fourth-order valence-corrected chi connectivity index (χ4v) is 3.22. The fourth-order valence-electron chi connectivity index (χ4n) is 2.32. The first-order valence-electron chi connectivity index (χ1n) is 7.46. The molecule has 1 aromatic heterocycles. The van der Waals surface area contributed by atoms with E-state index in [4.69, 9.17) is 10.2 Å². The summed E-state index contributed by atoms with van der Waals surface area (Å²) in [5.41, 5.74) is 5.37. The van der Waals surface area contributed by atoms with Crippen molar-refractivity contribution in [2.24, 2.45) is 0 Å². The minimum absolute atomic E-state index is 0.692. The van der Waals surface area contributed by atoms with Crippen molar-refractivity contribution in [2.45, 2.75) is 24.3 Å². The molecule has 0 bridgehead atoms. The van der Waals surface area contributed by atoms with Crippen LogP contribution < -0.4 is 0 Å². The number of hydrogen-bond acceptors (Lipinski definition) is 3. The topological polar surface area (TPSA) is 52.5 Å². The van der Waals surface area contributed by atoms with Crippen LogP contribution in [0, 0.1) is 18.3 Å². The van der Waals surface area contributed by atoms with Gasteiger partial charge in [-0.3, -0.25) is 0 Å². The van der Waals surface area contributed by atoms with Crippen molar-refractivity contribution >= 4 is 11.8 Å². The van der Waals surface area contributed by atoms with Gasteiger partial charge in [0.2, 0.25) is 0 Å². The quantitative estimate of drug-likeness (QED) is 0.706. The maximum absolute atomic E-state index is 8.82. The number of imidazole rings is 1. The zero-order chi connectivity index (χ0) is 16.1. The number of thioether (sulfide) groups is 1. The number of H-pyrrole nitrogens is 1. The Labute approximate surface area is 140 Å². The van der Waals surface area contributed by atoms with Gasteiger partial charge in [0.1, 0.15) is 0 Å². The van der Waals surface area contributed by atoms with Crippen LogP contribution in [0.3, 0.4) is 0 Å². The first-order valence-corrected chi connectivity index (χ1v) is 8.44. The lowest BCUT2D eigenvalue weighted by molar-refractivity contribution is 1.01. The highest BCUT2D eigenvalue weighted by Gasteiger charge is 2.08. The molecule has 3 nitrogen and oxygen atoms in total. The molecule has 0 amide bonds. The molecule has 3 rings (SSSR count). The lowest BCUT2D eigenvalue weighted by Crippen LogP contribution is -1.90. The van der Waals surface area contributed by atoms with Crippen LogP contribution in [0.2, 0.25) is 0 Å². The Balaban J connectivity index is 1.65. The van der Waals surface area contributed by atoms with Crippen molar-refractivity contribution < 1.29 is 0 Å². The minimum Gasteiger partial charge on any atom is -0.337 e. The number of hydrogen-bond donors (Lipinski definition) is 1. The molecule has 1 heterocycles. The van der Waals surface area contributed by atoms with Crippen molar-refractivity contribution in [2.75, 3.05) is 0 Å². The maximum Gasteiger partial charge on any atom is 0.166 e. The van der Waals surface area contributed by atoms with E-state index in [-0.39, 0.29) is 0 Å². The lowest BCUT2D eigenvalue weighted by Gasteiger charge is -1.99. The third-order valence-corrected chi connectivity index (χ3v) is 4.58. The minimum atomic E-state index is 0.692. The van der Waals surface area contributed by atoms with Gasteiger partial charge in [-0.1, -0.05) is 54.2 Å². The molecule has 114 valence electrons. The molecule has 0 saturated heterocycles. The summed E-state index contributed by atoms with van der Waals surface area (Å²) in [5, 5.41) is 9.76. The van der Waals surface area contributed by atoms with Gasteiger partial charge in [-0.2, -0.15) is 5.26 Å². The van der Waals surface area contributed by atoms with Crippen LogP contribution >= 0.6 is 11.8 Å². The molecule has 4 heteroatoms. The van der Waals surface area contributed by atoms with Crippen LogP contribution in [-0.2, 0) is 12.2 Å². The molecule has 1 N–H and O–H groups in total. The van der Waals surface area contributed by atoms with Gasteiger partial charge in [0.15, 0.2) is 5.16 Å². The number of aromatic amines is 1. The number of rotatable bonds is 5.